The van der Waals surface area contributed by atoms with Crippen LogP contribution >= 0.6 is 7.82 Å². The van der Waals surface area contributed by atoms with Gasteiger partial charge >= 0.3 is 19.8 Å². The summed E-state index contributed by atoms with van der Waals surface area (Å²) in [5.41, 5.74) is 5.34. The van der Waals surface area contributed by atoms with Gasteiger partial charge in [0.15, 0.2) is 6.10 Å². The first-order valence-electron chi connectivity index (χ1n) is 21.1. The van der Waals surface area contributed by atoms with E-state index in [-0.39, 0.29) is 13.0 Å². The molecule has 0 aliphatic carbocycles. The number of carboxylic acid groups (broad SMARTS) is 1. The number of carbonyl (C=O) groups is 2. The van der Waals surface area contributed by atoms with Gasteiger partial charge in [-0.15, -0.1) is 0 Å². The molecule has 0 spiro atoms. The van der Waals surface area contributed by atoms with Crippen LogP contribution in [0.2, 0.25) is 0 Å². The highest BCUT2D eigenvalue weighted by Gasteiger charge is 2.27. The van der Waals surface area contributed by atoms with Crippen molar-refractivity contribution in [3.8, 4) is 0 Å². The lowest BCUT2D eigenvalue weighted by Gasteiger charge is -2.20. The van der Waals surface area contributed by atoms with Crippen LogP contribution in [0.1, 0.15) is 187 Å². The zero-order chi connectivity index (χ0) is 39.1. The van der Waals surface area contributed by atoms with E-state index in [0.717, 1.165) is 51.4 Å². The Morgan fingerprint density at radius 1 is 0.604 bits per heavy atom. The first-order chi connectivity index (χ1) is 25.7. The summed E-state index contributed by atoms with van der Waals surface area (Å²) >= 11 is 0. The highest BCUT2D eigenvalue weighted by atomic mass is 31.2. The third-order valence-electron chi connectivity index (χ3n) is 8.99. The predicted molar refractivity (Wildman–Crippen MR) is 217 cm³/mol. The van der Waals surface area contributed by atoms with Crippen molar-refractivity contribution in [1.29, 1.82) is 0 Å². The minimum absolute atomic E-state index is 0.0716. The van der Waals surface area contributed by atoms with E-state index >= 15 is 0 Å². The molecule has 0 rings (SSSR count). The predicted octanol–water partition coefficient (Wildman–Crippen LogP) is 11.7. The van der Waals surface area contributed by atoms with E-state index in [1.54, 1.807) is 6.26 Å². The van der Waals surface area contributed by atoms with Crippen molar-refractivity contribution < 1.29 is 42.7 Å². The van der Waals surface area contributed by atoms with Gasteiger partial charge in [-0.25, -0.2) is 4.57 Å². The van der Waals surface area contributed by atoms with Gasteiger partial charge in [0, 0.05) is 6.42 Å². The Morgan fingerprint density at radius 2 is 1.04 bits per heavy atom. The number of phosphoric acid groups is 1. The molecule has 0 saturated heterocycles. The number of unbranched alkanes of at least 4 members (excludes halogenated alkanes) is 22. The van der Waals surface area contributed by atoms with Gasteiger partial charge in [0.2, 0.25) is 0 Å². The summed E-state index contributed by atoms with van der Waals surface area (Å²) in [7, 11) is -4.63. The molecule has 53 heavy (non-hydrogen) atoms. The summed E-state index contributed by atoms with van der Waals surface area (Å²) in [6.07, 6.45) is 42.8. The van der Waals surface area contributed by atoms with E-state index in [4.69, 9.17) is 29.4 Å². The van der Waals surface area contributed by atoms with Gasteiger partial charge < -0.3 is 25.2 Å². The summed E-state index contributed by atoms with van der Waals surface area (Å²) in [6, 6.07) is -1.48. The van der Waals surface area contributed by atoms with E-state index < -0.39 is 45.1 Å². The molecule has 3 atom stereocenters. The maximum Gasteiger partial charge on any atom is 0.472 e. The maximum atomic E-state index is 12.6. The number of esters is 1. The number of carbonyl (C=O) groups excluding carboxylic acids is 1. The van der Waals surface area contributed by atoms with Crippen LogP contribution in [0.5, 0.6) is 0 Å². The number of carboxylic acids is 1. The number of rotatable bonds is 40. The molecule has 0 aliphatic heterocycles. The zero-order valence-electron chi connectivity index (χ0n) is 33.6. The average Bonchev–Trinajstić information content (AvgIpc) is 3.13. The normalized spacial score (nSPS) is 14.3. The molecule has 0 heterocycles. The van der Waals surface area contributed by atoms with Crippen LogP contribution in [-0.4, -0.2) is 53.9 Å². The Morgan fingerprint density at radius 3 is 1.57 bits per heavy atom. The lowest BCUT2D eigenvalue weighted by molar-refractivity contribution is -0.153. The summed E-state index contributed by atoms with van der Waals surface area (Å²) in [5.74, 6) is -1.82. The standard InChI is InChI=1S/C42H78NO9P/c1-3-5-7-9-11-13-15-17-19-21-23-25-27-29-31-33-35-49-36-39(37-50-53(47,48)51-38-40(43)42(45)46)52-41(44)34-32-30-28-26-24-22-20-18-16-14-12-10-8-6-4-2/h12,14,18,20,33,35,39-40H,3-11,13,15-17,19,21-32,34,36-38,43H2,1-2H3,(H,45,46)(H,47,48)/b14-12-,20-18-,35-33-/t39-,40+/m1/s1. The maximum absolute atomic E-state index is 12.6. The largest absolute Gasteiger partial charge is 0.498 e. The second-order valence-corrected chi connectivity index (χ2v) is 15.6. The molecule has 1 unspecified atom stereocenters. The molecule has 310 valence electrons. The summed E-state index contributed by atoms with van der Waals surface area (Å²) in [5, 5.41) is 8.88. The lowest BCUT2D eigenvalue weighted by atomic mass is 10.0. The molecular weight excluding hydrogens is 693 g/mol. The molecule has 0 fully saturated rings. The van der Waals surface area contributed by atoms with Crippen LogP contribution in [0, 0.1) is 0 Å². The second-order valence-electron chi connectivity index (χ2n) is 14.2. The van der Waals surface area contributed by atoms with Gasteiger partial charge in [0.1, 0.15) is 12.6 Å². The molecule has 11 heteroatoms. The Hall–Kier alpha value is -1.97. The van der Waals surface area contributed by atoms with Gasteiger partial charge in [-0.2, -0.15) is 0 Å². The fourth-order valence-corrected chi connectivity index (χ4v) is 6.44. The Balaban J connectivity index is 4.33. The van der Waals surface area contributed by atoms with Crippen LogP contribution in [0.3, 0.4) is 0 Å². The van der Waals surface area contributed by atoms with Gasteiger partial charge in [-0.3, -0.25) is 18.6 Å². The fraction of sp³-hybridized carbons (Fsp3) is 0.810. The number of allylic oxidation sites excluding steroid dienone is 5. The molecule has 0 aliphatic rings. The number of hydrogen-bond acceptors (Lipinski definition) is 8. The van der Waals surface area contributed by atoms with Crippen molar-refractivity contribution in [3.63, 3.8) is 0 Å². The highest BCUT2D eigenvalue weighted by molar-refractivity contribution is 7.47. The fourth-order valence-electron chi connectivity index (χ4n) is 5.66. The molecule has 0 aromatic rings. The summed E-state index contributed by atoms with van der Waals surface area (Å²) < 4.78 is 33.0. The topological polar surface area (TPSA) is 155 Å². The number of phosphoric ester groups is 1. The van der Waals surface area contributed by atoms with E-state index in [2.05, 4.69) is 38.2 Å². The van der Waals surface area contributed by atoms with Crippen LogP contribution in [-0.2, 0) is 32.7 Å². The lowest BCUT2D eigenvalue weighted by Crippen LogP contribution is -2.34. The molecule has 0 saturated carbocycles. The first-order valence-corrected chi connectivity index (χ1v) is 22.6. The Bertz CT molecular complexity index is 988. The van der Waals surface area contributed by atoms with E-state index in [0.29, 0.717) is 6.42 Å². The Labute approximate surface area is 323 Å². The average molecular weight is 772 g/mol. The SMILES string of the molecule is CCCCC/C=C\C/C=C\CCCCCCCC(=O)O[C@H](CO/C=C\CCCCCCCCCCCCCCCC)COP(=O)(O)OC[C@H](N)C(=O)O. The molecule has 10 nitrogen and oxygen atoms in total. The van der Waals surface area contributed by atoms with Crippen LogP contribution in [0.4, 0.5) is 0 Å². The summed E-state index contributed by atoms with van der Waals surface area (Å²) in [4.78, 5) is 33.4. The van der Waals surface area contributed by atoms with Crippen molar-refractivity contribution in [2.75, 3.05) is 19.8 Å². The molecule has 0 aromatic heterocycles. The summed E-state index contributed by atoms with van der Waals surface area (Å²) in [6.45, 7) is 3.24. The van der Waals surface area contributed by atoms with Crippen LogP contribution < -0.4 is 5.73 Å². The third-order valence-corrected chi connectivity index (χ3v) is 9.94. The van der Waals surface area contributed by atoms with Crippen molar-refractivity contribution in [2.24, 2.45) is 5.73 Å². The van der Waals surface area contributed by atoms with Crippen molar-refractivity contribution >= 4 is 19.8 Å². The van der Waals surface area contributed by atoms with E-state index in [1.807, 2.05) is 6.08 Å². The molecule has 0 aromatic carbocycles. The number of nitrogens with two attached hydrogens (primary N) is 1. The van der Waals surface area contributed by atoms with Gasteiger partial charge in [-0.05, 0) is 57.4 Å². The van der Waals surface area contributed by atoms with Crippen LogP contribution in [0.25, 0.3) is 0 Å². The van der Waals surface area contributed by atoms with Gasteiger partial charge in [0.25, 0.3) is 0 Å². The molecule has 0 bridgehead atoms. The number of hydrogen-bond donors (Lipinski definition) is 3. The second kappa shape index (κ2) is 38.3. The van der Waals surface area contributed by atoms with Crippen molar-refractivity contribution in [2.45, 2.75) is 199 Å². The minimum Gasteiger partial charge on any atom is -0.498 e. The zero-order valence-corrected chi connectivity index (χ0v) is 34.5. The van der Waals surface area contributed by atoms with E-state index in [9.17, 15) is 19.0 Å². The van der Waals surface area contributed by atoms with Gasteiger partial charge in [0.05, 0.1) is 19.5 Å². The molecule has 4 N–H and O–H groups in total. The first kappa shape index (κ1) is 51.0. The minimum atomic E-state index is -4.63. The smallest absolute Gasteiger partial charge is 0.472 e. The molecular formula is C42H78NO9P. The van der Waals surface area contributed by atoms with Crippen molar-refractivity contribution in [3.05, 3.63) is 36.6 Å². The van der Waals surface area contributed by atoms with Gasteiger partial charge in [-0.1, -0.05) is 154 Å². The van der Waals surface area contributed by atoms with Crippen LogP contribution in [0.15, 0.2) is 36.6 Å². The number of aliphatic carboxylic acids is 1. The monoisotopic (exact) mass is 772 g/mol. The van der Waals surface area contributed by atoms with Crippen molar-refractivity contribution in [1.82, 2.24) is 0 Å². The highest BCUT2D eigenvalue weighted by Crippen LogP contribution is 2.43. The molecule has 0 amide bonds. The Kier molecular flexibility index (Phi) is 36.9. The number of ether oxygens (including phenoxy) is 2. The molecule has 0 radical (unpaired) electrons. The quantitative estimate of drug-likeness (QED) is 0.0180. The van der Waals surface area contributed by atoms with E-state index in [1.165, 1.54) is 109 Å². The third kappa shape index (κ3) is 38.1.